The van der Waals surface area contributed by atoms with E-state index < -0.39 is 0 Å². The minimum absolute atomic E-state index is 0.521. The van der Waals surface area contributed by atoms with Gasteiger partial charge in [-0.25, -0.2) is 0 Å². The summed E-state index contributed by atoms with van der Waals surface area (Å²) in [6.45, 7) is 17.2. The molecule has 112 valence electrons. The second kappa shape index (κ2) is 7.78. The average Bonchev–Trinajstić information content (AvgIpc) is 2.67. The number of unbranched alkanes of at least 4 members (excludes halogenated alkanes) is 1. The molecular formula is C16H33N3. The van der Waals surface area contributed by atoms with Gasteiger partial charge in [0.05, 0.1) is 6.17 Å². The van der Waals surface area contributed by atoms with Gasteiger partial charge in [0, 0.05) is 44.1 Å². The van der Waals surface area contributed by atoms with Gasteiger partial charge in [0.2, 0.25) is 0 Å². The van der Waals surface area contributed by atoms with Crippen molar-refractivity contribution >= 4 is 0 Å². The zero-order valence-electron chi connectivity index (χ0n) is 13.8. The predicted octanol–water partition coefficient (Wildman–Crippen LogP) is 3.34. The van der Waals surface area contributed by atoms with Crippen LogP contribution in [0.2, 0.25) is 0 Å². The monoisotopic (exact) mass is 267 g/mol. The fraction of sp³-hybridized carbons (Fsp3) is 0.875. The Hall–Kier alpha value is -0.700. The lowest BCUT2D eigenvalue weighted by atomic mass is 10.2. The van der Waals surface area contributed by atoms with Crippen LogP contribution in [-0.4, -0.2) is 52.6 Å². The molecule has 0 aliphatic carbocycles. The molecule has 0 saturated heterocycles. The van der Waals surface area contributed by atoms with Crippen molar-refractivity contribution < 1.29 is 0 Å². The highest BCUT2D eigenvalue weighted by atomic mass is 15.4. The predicted molar refractivity (Wildman–Crippen MR) is 83.9 cm³/mol. The lowest BCUT2D eigenvalue weighted by Gasteiger charge is -2.35. The van der Waals surface area contributed by atoms with Crippen molar-refractivity contribution in [3.63, 3.8) is 0 Å². The number of hydrogen-bond acceptors (Lipinski definition) is 3. The Morgan fingerprint density at radius 3 is 2.00 bits per heavy atom. The molecule has 0 bridgehead atoms. The Morgan fingerprint density at radius 1 is 1.00 bits per heavy atom. The SMILES string of the molecule is CCCCN1C=CN(CCN(C(C)C)C(C)C)C1C. The molecule has 3 heteroatoms. The van der Waals surface area contributed by atoms with Crippen LogP contribution in [0.25, 0.3) is 0 Å². The normalized spacial score (nSPS) is 19.5. The second-order valence-electron chi connectivity index (χ2n) is 6.18. The van der Waals surface area contributed by atoms with Crippen molar-refractivity contribution in [3.8, 4) is 0 Å². The zero-order chi connectivity index (χ0) is 14.4. The fourth-order valence-corrected chi connectivity index (χ4v) is 2.82. The van der Waals surface area contributed by atoms with Crippen LogP contribution in [0.15, 0.2) is 12.4 Å². The summed E-state index contributed by atoms with van der Waals surface area (Å²) in [4.78, 5) is 7.49. The van der Waals surface area contributed by atoms with Crippen molar-refractivity contribution in [1.29, 1.82) is 0 Å². The van der Waals surface area contributed by atoms with Crippen LogP contribution in [0.1, 0.15) is 54.4 Å². The highest BCUT2D eigenvalue weighted by Crippen LogP contribution is 2.16. The summed E-state index contributed by atoms with van der Waals surface area (Å²) in [6, 6.07) is 1.25. The molecule has 3 nitrogen and oxygen atoms in total. The fourth-order valence-electron chi connectivity index (χ4n) is 2.82. The summed E-state index contributed by atoms with van der Waals surface area (Å²) in [5.41, 5.74) is 0. The topological polar surface area (TPSA) is 9.72 Å². The van der Waals surface area contributed by atoms with Crippen LogP contribution < -0.4 is 0 Å². The third kappa shape index (κ3) is 4.72. The second-order valence-corrected chi connectivity index (χ2v) is 6.18. The number of rotatable bonds is 8. The van der Waals surface area contributed by atoms with E-state index in [1.807, 2.05) is 0 Å². The zero-order valence-corrected chi connectivity index (χ0v) is 13.8. The first-order valence-electron chi connectivity index (χ1n) is 7.93. The van der Waals surface area contributed by atoms with Crippen LogP contribution in [0.3, 0.4) is 0 Å². The molecule has 1 atom stereocenters. The van der Waals surface area contributed by atoms with Gasteiger partial charge < -0.3 is 9.80 Å². The van der Waals surface area contributed by atoms with E-state index in [1.165, 1.54) is 19.4 Å². The van der Waals surface area contributed by atoms with Gasteiger partial charge in [0.15, 0.2) is 0 Å². The Labute approximate surface area is 120 Å². The van der Waals surface area contributed by atoms with Crippen molar-refractivity contribution in [2.75, 3.05) is 19.6 Å². The van der Waals surface area contributed by atoms with E-state index in [9.17, 15) is 0 Å². The Bertz CT molecular complexity index is 265. The lowest BCUT2D eigenvalue weighted by molar-refractivity contribution is 0.120. The van der Waals surface area contributed by atoms with Crippen molar-refractivity contribution in [2.45, 2.75) is 72.6 Å². The average molecular weight is 267 g/mol. The van der Waals surface area contributed by atoms with E-state index in [-0.39, 0.29) is 0 Å². The molecule has 0 aromatic carbocycles. The molecule has 0 amide bonds. The highest BCUT2D eigenvalue weighted by Gasteiger charge is 2.22. The summed E-state index contributed by atoms with van der Waals surface area (Å²) in [7, 11) is 0. The molecule has 0 aromatic heterocycles. The maximum atomic E-state index is 2.56. The Morgan fingerprint density at radius 2 is 1.53 bits per heavy atom. The van der Waals surface area contributed by atoms with Gasteiger partial charge in [-0.2, -0.15) is 0 Å². The molecule has 1 aliphatic rings. The molecule has 0 saturated carbocycles. The van der Waals surface area contributed by atoms with Crippen LogP contribution in [0.5, 0.6) is 0 Å². The third-order valence-corrected chi connectivity index (χ3v) is 4.12. The van der Waals surface area contributed by atoms with Gasteiger partial charge in [0.1, 0.15) is 0 Å². The molecule has 0 radical (unpaired) electrons. The van der Waals surface area contributed by atoms with Crippen molar-refractivity contribution in [2.24, 2.45) is 0 Å². The first-order valence-corrected chi connectivity index (χ1v) is 7.93. The lowest BCUT2D eigenvalue weighted by Crippen LogP contribution is -2.44. The van der Waals surface area contributed by atoms with Gasteiger partial charge in [-0.3, -0.25) is 4.90 Å². The minimum atomic E-state index is 0.521. The molecule has 0 fully saturated rings. The summed E-state index contributed by atoms with van der Waals surface area (Å²) in [5, 5.41) is 0. The van der Waals surface area contributed by atoms with E-state index in [2.05, 4.69) is 68.6 Å². The molecule has 0 spiro atoms. The van der Waals surface area contributed by atoms with Crippen molar-refractivity contribution in [1.82, 2.24) is 14.7 Å². The molecule has 1 heterocycles. The highest BCUT2D eigenvalue weighted by molar-refractivity contribution is 4.95. The van der Waals surface area contributed by atoms with Crippen LogP contribution >= 0.6 is 0 Å². The summed E-state index contributed by atoms with van der Waals surface area (Å²) in [6.07, 6.45) is 7.60. The Balaban J connectivity index is 2.40. The largest absolute Gasteiger partial charge is 0.356 e. The molecule has 1 unspecified atom stereocenters. The quantitative estimate of drug-likeness (QED) is 0.668. The summed E-state index contributed by atoms with van der Waals surface area (Å²) < 4.78 is 0. The van der Waals surface area contributed by atoms with Gasteiger partial charge in [0.25, 0.3) is 0 Å². The van der Waals surface area contributed by atoms with E-state index in [0.717, 1.165) is 13.1 Å². The van der Waals surface area contributed by atoms with E-state index >= 15 is 0 Å². The van der Waals surface area contributed by atoms with E-state index in [1.54, 1.807) is 0 Å². The number of hydrogen-bond donors (Lipinski definition) is 0. The molecule has 1 aliphatic heterocycles. The van der Waals surface area contributed by atoms with Gasteiger partial charge in [-0.05, 0) is 41.0 Å². The standard InChI is InChI=1S/C16H33N3/c1-7-8-9-17-10-11-18(16(17)6)12-13-19(14(2)3)15(4)5/h10-11,14-16H,7-9,12-13H2,1-6H3. The smallest absolute Gasteiger partial charge is 0.0978 e. The first-order chi connectivity index (χ1) is 8.97. The maximum absolute atomic E-state index is 2.56. The molecular weight excluding hydrogens is 234 g/mol. The third-order valence-electron chi connectivity index (χ3n) is 4.12. The molecule has 19 heavy (non-hydrogen) atoms. The van der Waals surface area contributed by atoms with Gasteiger partial charge in [-0.15, -0.1) is 0 Å². The molecule has 0 aromatic rings. The van der Waals surface area contributed by atoms with Crippen LogP contribution in [0.4, 0.5) is 0 Å². The van der Waals surface area contributed by atoms with E-state index in [4.69, 9.17) is 0 Å². The van der Waals surface area contributed by atoms with Crippen molar-refractivity contribution in [3.05, 3.63) is 12.4 Å². The van der Waals surface area contributed by atoms with Crippen LogP contribution in [-0.2, 0) is 0 Å². The summed E-state index contributed by atoms with van der Waals surface area (Å²) >= 11 is 0. The Kier molecular flexibility index (Phi) is 6.70. The van der Waals surface area contributed by atoms with Crippen LogP contribution in [0, 0.1) is 0 Å². The molecule has 0 N–H and O–H groups in total. The van der Waals surface area contributed by atoms with E-state index in [0.29, 0.717) is 18.2 Å². The molecule has 1 rings (SSSR count). The maximum Gasteiger partial charge on any atom is 0.0978 e. The van der Waals surface area contributed by atoms with Gasteiger partial charge in [-0.1, -0.05) is 13.3 Å². The minimum Gasteiger partial charge on any atom is -0.356 e. The van der Waals surface area contributed by atoms with Gasteiger partial charge >= 0.3 is 0 Å². The summed E-state index contributed by atoms with van der Waals surface area (Å²) in [5.74, 6) is 0. The number of nitrogens with zero attached hydrogens (tertiary/aromatic N) is 3. The first kappa shape index (κ1) is 16.4.